The van der Waals surface area contributed by atoms with Crippen molar-refractivity contribution in [2.45, 2.75) is 23.7 Å². The Balaban J connectivity index is 1.66. The summed E-state index contributed by atoms with van der Waals surface area (Å²) in [5.74, 6) is 0.809. The maximum Gasteiger partial charge on any atom is 0.295 e. The molecule has 1 aliphatic rings. The maximum absolute atomic E-state index is 11.5. The predicted octanol–water partition coefficient (Wildman–Crippen LogP) is 3.26. The van der Waals surface area contributed by atoms with Crippen molar-refractivity contribution in [2.24, 2.45) is 0 Å². The lowest BCUT2D eigenvalue weighted by molar-refractivity contribution is -0.384. The topological polar surface area (TPSA) is 99.2 Å². The van der Waals surface area contributed by atoms with Crippen molar-refractivity contribution in [1.82, 2.24) is 19.7 Å². The largest absolute Gasteiger partial charge is 0.378 e. The standard InChI is InChI=1S/C19H20N6O3S/c1-2-24-18(23-10-12-28-13-11-23)21-22-19(24)29-16-9-8-15(25(26)27)17(20-16)14-6-4-3-5-7-14/h3-9H,2,10-13H2,1H3. The lowest BCUT2D eigenvalue weighted by Crippen LogP contribution is -2.38. The van der Waals surface area contributed by atoms with Gasteiger partial charge < -0.3 is 9.64 Å². The summed E-state index contributed by atoms with van der Waals surface area (Å²) in [6.45, 7) is 5.64. The van der Waals surface area contributed by atoms with Gasteiger partial charge in [-0.25, -0.2) is 4.98 Å². The van der Waals surface area contributed by atoms with Gasteiger partial charge in [0.15, 0.2) is 5.16 Å². The normalized spacial score (nSPS) is 14.2. The van der Waals surface area contributed by atoms with Crippen molar-refractivity contribution < 1.29 is 9.66 Å². The second-order valence-electron chi connectivity index (χ2n) is 6.37. The summed E-state index contributed by atoms with van der Waals surface area (Å²) in [7, 11) is 0. The number of nitro groups is 1. The Hall–Kier alpha value is -2.98. The monoisotopic (exact) mass is 412 g/mol. The highest BCUT2D eigenvalue weighted by atomic mass is 32.2. The smallest absolute Gasteiger partial charge is 0.295 e. The van der Waals surface area contributed by atoms with Gasteiger partial charge in [-0.1, -0.05) is 30.3 Å². The fourth-order valence-electron chi connectivity index (χ4n) is 3.17. The average Bonchev–Trinajstić information content (AvgIpc) is 3.17. The molecule has 10 heteroatoms. The zero-order valence-corrected chi connectivity index (χ0v) is 16.7. The molecule has 0 radical (unpaired) electrons. The van der Waals surface area contributed by atoms with Crippen molar-refractivity contribution in [1.29, 1.82) is 0 Å². The minimum absolute atomic E-state index is 0.0217. The van der Waals surface area contributed by atoms with Gasteiger partial charge >= 0.3 is 0 Å². The zero-order valence-electron chi connectivity index (χ0n) is 15.9. The van der Waals surface area contributed by atoms with Gasteiger partial charge in [-0.15, -0.1) is 10.2 Å². The van der Waals surface area contributed by atoms with Crippen LogP contribution in [0.1, 0.15) is 6.92 Å². The minimum Gasteiger partial charge on any atom is -0.378 e. The van der Waals surface area contributed by atoms with Gasteiger partial charge in [0, 0.05) is 31.3 Å². The van der Waals surface area contributed by atoms with E-state index in [1.807, 2.05) is 41.8 Å². The second-order valence-corrected chi connectivity index (χ2v) is 7.36. The molecule has 2 aromatic heterocycles. The van der Waals surface area contributed by atoms with Crippen LogP contribution in [-0.4, -0.2) is 51.0 Å². The molecule has 0 unspecified atom stereocenters. The molecule has 9 nitrogen and oxygen atoms in total. The summed E-state index contributed by atoms with van der Waals surface area (Å²) >= 11 is 1.35. The lowest BCUT2D eigenvalue weighted by atomic mass is 10.1. The molecule has 150 valence electrons. The van der Waals surface area contributed by atoms with Crippen molar-refractivity contribution in [3.05, 3.63) is 52.6 Å². The number of ether oxygens (including phenoxy) is 1. The first-order valence-electron chi connectivity index (χ1n) is 9.32. The summed E-state index contributed by atoms with van der Waals surface area (Å²) in [6, 6.07) is 12.3. The van der Waals surface area contributed by atoms with Gasteiger partial charge in [0.2, 0.25) is 5.95 Å². The molecule has 0 spiro atoms. The van der Waals surface area contributed by atoms with E-state index in [-0.39, 0.29) is 5.69 Å². The van der Waals surface area contributed by atoms with E-state index in [2.05, 4.69) is 20.1 Å². The minimum atomic E-state index is -0.408. The Morgan fingerprint density at radius 3 is 2.59 bits per heavy atom. The fraction of sp³-hybridized carbons (Fsp3) is 0.316. The number of rotatable bonds is 6. The molecule has 0 bridgehead atoms. The number of nitrogens with zero attached hydrogens (tertiary/aromatic N) is 6. The predicted molar refractivity (Wildman–Crippen MR) is 109 cm³/mol. The third-order valence-corrected chi connectivity index (χ3v) is 5.52. The highest BCUT2D eigenvalue weighted by Gasteiger charge is 2.22. The molecule has 3 aromatic rings. The molecule has 0 atom stereocenters. The summed E-state index contributed by atoms with van der Waals surface area (Å²) in [5, 5.41) is 21.5. The maximum atomic E-state index is 11.5. The first-order valence-corrected chi connectivity index (χ1v) is 10.1. The van der Waals surface area contributed by atoms with Gasteiger partial charge in [0.1, 0.15) is 10.7 Å². The number of anilines is 1. The quantitative estimate of drug-likeness (QED) is 0.449. The number of hydrogen-bond acceptors (Lipinski definition) is 8. The van der Waals surface area contributed by atoms with Gasteiger partial charge in [-0.05, 0) is 24.8 Å². The summed E-state index contributed by atoms with van der Waals surface area (Å²) in [6.07, 6.45) is 0. The van der Waals surface area contributed by atoms with Crippen LogP contribution in [0.15, 0.2) is 52.6 Å². The van der Waals surface area contributed by atoms with Gasteiger partial charge in [-0.3, -0.25) is 14.7 Å². The lowest BCUT2D eigenvalue weighted by Gasteiger charge is -2.27. The highest BCUT2D eigenvalue weighted by Crippen LogP contribution is 2.33. The molecule has 29 heavy (non-hydrogen) atoms. The third-order valence-electron chi connectivity index (χ3n) is 4.60. The van der Waals surface area contributed by atoms with E-state index in [0.717, 1.165) is 19.0 Å². The molecule has 1 aromatic carbocycles. The van der Waals surface area contributed by atoms with Crippen molar-refractivity contribution in [2.75, 3.05) is 31.2 Å². The third kappa shape index (κ3) is 4.08. The average molecular weight is 412 g/mol. The van der Waals surface area contributed by atoms with E-state index >= 15 is 0 Å². The van der Waals surface area contributed by atoms with E-state index in [9.17, 15) is 10.1 Å². The second kappa shape index (κ2) is 8.58. The van der Waals surface area contributed by atoms with Gasteiger partial charge in [0.05, 0.1) is 18.1 Å². The Kier molecular flexibility index (Phi) is 5.72. The van der Waals surface area contributed by atoms with E-state index in [1.165, 1.54) is 17.8 Å². The van der Waals surface area contributed by atoms with Crippen molar-refractivity contribution in [3.8, 4) is 11.3 Å². The van der Waals surface area contributed by atoms with E-state index < -0.39 is 4.92 Å². The molecule has 1 aliphatic heterocycles. The Morgan fingerprint density at radius 2 is 1.90 bits per heavy atom. The number of morpholine rings is 1. The molecule has 3 heterocycles. The molecule has 0 aliphatic carbocycles. The number of hydrogen-bond donors (Lipinski definition) is 0. The molecular formula is C19H20N6O3S. The van der Waals surface area contributed by atoms with E-state index in [1.54, 1.807) is 6.07 Å². The number of aromatic nitrogens is 4. The molecule has 1 fully saturated rings. The summed E-state index contributed by atoms with van der Waals surface area (Å²) in [5.41, 5.74) is 1.02. The Labute approximate surface area is 171 Å². The van der Waals surface area contributed by atoms with Gasteiger partial charge in [-0.2, -0.15) is 0 Å². The van der Waals surface area contributed by atoms with Crippen LogP contribution in [0.5, 0.6) is 0 Å². The number of benzene rings is 1. The van der Waals surface area contributed by atoms with Crippen LogP contribution in [0.25, 0.3) is 11.3 Å². The van der Waals surface area contributed by atoms with Crippen LogP contribution in [-0.2, 0) is 11.3 Å². The van der Waals surface area contributed by atoms with Crippen molar-refractivity contribution >= 4 is 23.4 Å². The Bertz CT molecular complexity index is 1000. The van der Waals surface area contributed by atoms with Crippen molar-refractivity contribution in [3.63, 3.8) is 0 Å². The molecule has 0 saturated carbocycles. The Morgan fingerprint density at radius 1 is 1.14 bits per heavy atom. The summed E-state index contributed by atoms with van der Waals surface area (Å²) in [4.78, 5) is 17.8. The molecule has 0 N–H and O–H groups in total. The van der Waals surface area contributed by atoms with Crippen LogP contribution in [0.3, 0.4) is 0 Å². The first kappa shape index (κ1) is 19.3. The highest BCUT2D eigenvalue weighted by molar-refractivity contribution is 7.99. The van der Waals surface area contributed by atoms with Gasteiger partial charge in [0.25, 0.3) is 5.69 Å². The molecular weight excluding hydrogens is 392 g/mol. The SMILES string of the molecule is CCn1c(Sc2ccc([N+](=O)[O-])c(-c3ccccc3)n2)nnc1N1CCOCC1. The van der Waals surface area contributed by atoms with Crippen LogP contribution in [0.2, 0.25) is 0 Å². The molecule has 0 amide bonds. The summed E-state index contributed by atoms with van der Waals surface area (Å²) < 4.78 is 7.44. The molecule has 1 saturated heterocycles. The van der Waals surface area contributed by atoms with Crippen LogP contribution in [0.4, 0.5) is 11.6 Å². The molecule has 4 rings (SSSR count). The van der Waals surface area contributed by atoms with Crippen LogP contribution in [0, 0.1) is 10.1 Å². The van der Waals surface area contributed by atoms with Crippen LogP contribution >= 0.6 is 11.8 Å². The van der Waals surface area contributed by atoms with E-state index in [4.69, 9.17) is 4.74 Å². The van der Waals surface area contributed by atoms with E-state index in [0.29, 0.717) is 41.2 Å². The first-order chi connectivity index (χ1) is 14.2. The fourth-order valence-corrected chi connectivity index (χ4v) is 4.03. The van der Waals surface area contributed by atoms with Crippen LogP contribution < -0.4 is 4.90 Å². The zero-order chi connectivity index (χ0) is 20.2. The number of pyridine rings is 1.